The number of hydrogen-bond acceptors (Lipinski definition) is 5. The van der Waals surface area contributed by atoms with E-state index in [0.29, 0.717) is 29.2 Å². The molecule has 0 bridgehead atoms. The fourth-order valence-corrected chi connectivity index (χ4v) is 4.93. The van der Waals surface area contributed by atoms with Crippen LogP contribution in [0.1, 0.15) is 31.7 Å². The van der Waals surface area contributed by atoms with Gasteiger partial charge < -0.3 is 11.1 Å². The maximum absolute atomic E-state index is 13.3. The highest BCUT2D eigenvalue weighted by atomic mass is 35.5. The normalized spacial score (nSPS) is 30.7. The predicted octanol–water partition coefficient (Wildman–Crippen LogP) is 0.736. The molecule has 3 aliphatic rings. The van der Waals surface area contributed by atoms with Crippen LogP contribution in [0.4, 0.5) is 5.69 Å². The van der Waals surface area contributed by atoms with Crippen molar-refractivity contribution in [3.05, 3.63) is 28.8 Å². The Bertz CT molecular complexity index is 904. The highest BCUT2D eigenvalue weighted by Crippen LogP contribution is 2.53. The van der Waals surface area contributed by atoms with Crippen LogP contribution in [0.2, 0.25) is 5.02 Å². The van der Waals surface area contributed by atoms with Gasteiger partial charge in [-0.1, -0.05) is 24.9 Å². The summed E-state index contributed by atoms with van der Waals surface area (Å²) < 4.78 is 0. The van der Waals surface area contributed by atoms with Crippen LogP contribution in [-0.4, -0.2) is 41.1 Å². The molecule has 9 heteroatoms. The van der Waals surface area contributed by atoms with Crippen molar-refractivity contribution in [2.24, 2.45) is 17.6 Å². The number of likely N-dealkylation sites (tertiary alicyclic amines) is 1. The lowest BCUT2D eigenvalue weighted by molar-refractivity contribution is -0.142. The minimum Gasteiger partial charge on any atom is -0.370 e. The van der Waals surface area contributed by atoms with E-state index >= 15 is 0 Å². The molecule has 3 aliphatic heterocycles. The van der Waals surface area contributed by atoms with E-state index in [0.717, 1.165) is 6.42 Å². The van der Waals surface area contributed by atoms with Crippen LogP contribution >= 0.6 is 11.6 Å². The second-order valence-electron chi connectivity index (χ2n) is 7.56. The zero-order chi connectivity index (χ0) is 20.2. The molecule has 1 aromatic rings. The van der Waals surface area contributed by atoms with Crippen LogP contribution in [-0.2, 0) is 24.7 Å². The first kappa shape index (κ1) is 18.9. The molecule has 28 heavy (non-hydrogen) atoms. The summed E-state index contributed by atoms with van der Waals surface area (Å²) in [6.45, 7) is 2.26. The summed E-state index contributed by atoms with van der Waals surface area (Å²) in [6, 6.07) is 4.22. The number of anilines is 1. The Morgan fingerprint density at radius 2 is 2.04 bits per heavy atom. The Balaban J connectivity index is 1.85. The minimum absolute atomic E-state index is 0.146. The Labute approximate surface area is 166 Å². The first-order valence-corrected chi connectivity index (χ1v) is 9.71. The number of amides is 4. The molecule has 4 atom stereocenters. The maximum Gasteiger partial charge on any atom is 0.250 e. The van der Waals surface area contributed by atoms with Gasteiger partial charge in [0.15, 0.2) is 0 Å². The second kappa shape index (κ2) is 6.56. The van der Waals surface area contributed by atoms with Crippen molar-refractivity contribution in [3.63, 3.8) is 0 Å². The van der Waals surface area contributed by atoms with Gasteiger partial charge in [0.25, 0.3) is 0 Å². The number of hydrogen-bond donors (Lipinski definition) is 3. The lowest BCUT2D eigenvalue weighted by Gasteiger charge is -2.29. The molecule has 8 nitrogen and oxygen atoms in total. The number of nitrogens with zero attached hydrogens (tertiary/aromatic N) is 1. The smallest absolute Gasteiger partial charge is 0.250 e. The van der Waals surface area contributed by atoms with E-state index in [1.807, 2.05) is 6.92 Å². The van der Waals surface area contributed by atoms with E-state index in [1.165, 1.54) is 4.90 Å². The fraction of sp³-hybridized carbons (Fsp3) is 0.474. The summed E-state index contributed by atoms with van der Waals surface area (Å²) in [5.74, 6) is -3.56. The van der Waals surface area contributed by atoms with Gasteiger partial charge in [-0.25, -0.2) is 0 Å². The standard InChI is InChI=1S/C19H21ClN4O4/c1-2-3-6-24-16(26)14-12(8-13(21)25)23-19(15(14)17(24)27)10-7-9(20)4-5-11(10)22-18(19)28/h4-5,7,12,14-15,23H,2-3,6,8H2,1H3,(H2,21,25)(H,22,28)/t12-,14+,15-,19+/m0/s1. The highest BCUT2D eigenvalue weighted by Gasteiger charge is 2.70. The molecule has 1 aromatic carbocycles. The van der Waals surface area contributed by atoms with Crippen LogP contribution < -0.4 is 16.4 Å². The molecule has 2 fully saturated rings. The molecule has 1 spiro atoms. The molecular weight excluding hydrogens is 384 g/mol. The number of carbonyl (C=O) groups excluding carboxylic acids is 4. The van der Waals surface area contributed by atoms with Crippen LogP contribution in [0.3, 0.4) is 0 Å². The number of primary amides is 1. The first-order chi connectivity index (χ1) is 13.3. The molecule has 3 heterocycles. The number of carbonyl (C=O) groups is 4. The van der Waals surface area contributed by atoms with E-state index in [-0.39, 0.29) is 12.3 Å². The molecule has 0 aromatic heterocycles. The monoisotopic (exact) mass is 404 g/mol. The second-order valence-corrected chi connectivity index (χ2v) is 7.99. The number of nitrogens with two attached hydrogens (primary N) is 1. The van der Waals surface area contributed by atoms with Crippen molar-refractivity contribution >= 4 is 40.9 Å². The molecule has 148 valence electrons. The zero-order valence-corrected chi connectivity index (χ0v) is 16.1. The van der Waals surface area contributed by atoms with Gasteiger partial charge in [-0.15, -0.1) is 0 Å². The molecule has 2 saturated heterocycles. The summed E-state index contributed by atoms with van der Waals surface area (Å²) in [5.41, 5.74) is 4.99. The van der Waals surface area contributed by atoms with Gasteiger partial charge in [0, 0.05) is 35.3 Å². The van der Waals surface area contributed by atoms with Crippen molar-refractivity contribution in [1.82, 2.24) is 10.2 Å². The fourth-order valence-electron chi connectivity index (χ4n) is 4.76. The molecule has 0 radical (unpaired) electrons. The van der Waals surface area contributed by atoms with Gasteiger partial charge in [0.2, 0.25) is 23.6 Å². The summed E-state index contributed by atoms with van der Waals surface area (Å²) in [6.07, 6.45) is 1.35. The Kier molecular flexibility index (Phi) is 4.43. The summed E-state index contributed by atoms with van der Waals surface area (Å²) in [7, 11) is 0. The Morgan fingerprint density at radius 3 is 2.71 bits per heavy atom. The van der Waals surface area contributed by atoms with E-state index in [2.05, 4.69) is 10.6 Å². The third-order valence-corrected chi connectivity index (χ3v) is 6.16. The van der Waals surface area contributed by atoms with Gasteiger partial charge >= 0.3 is 0 Å². The molecular formula is C19H21ClN4O4. The minimum atomic E-state index is -1.45. The van der Waals surface area contributed by atoms with Crippen molar-refractivity contribution in [3.8, 4) is 0 Å². The summed E-state index contributed by atoms with van der Waals surface area (Å²) in [4.78, 5) is 52.3. The van der Waals surface area contributed by atoms with E-state index in [9.17, 15) is 19.2 Å². The average Bonchev–Trinajstić information content (AvgIpc) is 3.19. The van der Waals surface area contributed by atoms with Crippen molar-refractivity contribution in [2.75, 3.05) is 11.9 Å². The number of halogens is 1. The number of nitrogens with one attached hydrogen (secondary N) is 2. The van der Waals surface area contributed by atoms with Crippen LogP contribution in [0.15, 0.2) is 18.2 Å². The topological polar surface area (TPSA) is 122 Å². The molecule has 4 rings (SSSR count). The van der Waals surface area contributed by atoms with Gasteiger partial charge in [-0.2, -0.15) is 0 Å². The molecule has 0 saturated carbocycles. The Morgan fingerprint density at radius 1 is 1.29 bits per heavy atom. The Hall–Kier alpha value is -2.45. The van der Waals surface area contributed by atoms with Gasteiger partial charge in [-0.3, -0.25) is 29.4 Å². The van der Waals surface area contributed by atoms with E-state index in [1.54, 1.807) is 18.2 Å². The maximum atomic E-state index is 13.3. The number of fused-ring (bicyclic) bond motifs is 4. The average molecular weight is 405 g/mol. The largest absolute Gasteiger partial charge is 0.370 e. The lowest BCUT2D eigenvalue weighted by Crippen LogP contribution is -2.53. The molecule has 4 N–H and O–H groups in total. The third kappa shape index (κ3) is 2.48. The number of rotatable bonds is 5. The number of benzene rings is 1. The lowest BCUT2D eigenvalue weighted by atomic mass is 9.76. The van der Waals surface area contributed by atoms with Gasteiger partial charge in [0.05, 0.1) is 11.8 Å². The third-order valence-electron chi connectivity index (χ3n) is 5.92. The number of imide groups is 1. The van der Waals surface area contributed by atoms with Crippen molar-refractivity contribution in [1.29, 1.82) is 0 Å². The van der Waals surface area contributed by atoms with Crippen LogP contribution in [0, 0.1) is 11.8 Å². The van der Waals surface area contributed by atoms with Crippen molar-refractivity contribution in [2.45, 2.75) is 37.8 Å². The quantitative estimate of drug-likeness (QED) is 0.625. The van der Waals surface area contributed by atoms with Crippen LogP contribution in [0.5, 0.6) is 0 Å². The SMILES string of the molecule is CCCCN1C(=O)[C@@H]2[C@H](CC(N)=O)N[C@@]3(C(=O)Nc4ccc(Cl)cc43)[C@@H]2C1=O. The van der Waals surface area contributed by atoms with E-state index < -0.39 is 41.1 Å². The van der Waals surface area contributed by atoms with Gasteiger partial charge in [0.1, 0.15) is 5.54 Å². The zero-order valence-electron chi connectivity index (χ0n) is 15.3. The summed E-state index contributed by atoms with van der Waals surface area (Å²) >= 11 is 6.16. The molecule has 0 aliphatic carbocycles. The number of unbranched alkanes of at least 4 members (excludes halogenated alkanes) is 1. The van der Waals surface area contributed by atoms with E-state index in [4.69, 9.17) is 17.3 Å². The van der Waals surface area contributed by atoms with Gasteiger partial charge in [-0.05, 0) is 24.6 Å². The highest BCUT2D eigenvalue weighted by molar-refractivity contribution is 6.31. The first-order valence-electron chi connectivity index (χ1n) is 9.34. The summed E-state index contributed by atoms with van der Waals surface area (Å²) in [5, 5.41) is 6.32. The van der Waals surface area contributed by atoms with Crippen LogP contribution in [0.25, 0.3) is 0 Å². The molecule has 0 unspecified atom stereocenters. The van der Waals surface area contributed by atoms with Crippen molar-refractivity contribution < 1.29 is 19.2 Å². The predicted molar refractivity (Wildman–Crippen MR) is 101 cm³/mol. The molecule has 4 amide bonds.